The van der Waals surface area contributed by atoms with Gasteiger partial charge in [-0.15, -0.1) is 0 Å². The largest absolute Gasteiger partial charge is 0.375 e. The smallest absolute Gasteiger partial charge is 0.231 e. The summed E-state index contributed by atoms with van der Waals surface area (Å²) in [6.07, 6.45) is 5.68. The molecule has 2 atom stereocenters. The summed E-state index contributed by atoms with van der Waals surface area (Å²) in [5.41, 5.74) is 0.668. The van der Waals surface area contributed by atoms with Crippen LogP contribution in [0.15, 0.2) is 28.8 Å². The predicted molar refractivity (Wildman–Crippen MR) is 129 cm³/mol. The lowest BCUT2D eigenvalue weighted by atomic mass is 9.85. The lowest BCUT2D eigenvalue weighted by Crippen LogP contribution is -2.45. The second-order valence-corrected chi connectivity index (χ2v) is 11.1. The number of pyridine rings is 1. The van der Waals surface area contributed by atoms with Crippen LogP contribution in [0.25, 0.3) is 0 Å². The summed E-state index contributed by atoms with van der Waals surface area (Å²) in [5, 5.41) is 2.65. The summed E-state index contributed by atoms with van der Waals surface area (Å²) in [6, 6.07) is 5.54. The Balaban J connectivity index is 0.00000125. The van der Waals surface area contributed by atoms with Crippen LogP contribution < -0.4 is 10.2 Å². The minimum atomic E-state index is -2.34. The molecule has 2 aliphatic rings. The Hall–Kier alpha value is -2.59. The molecule has 2 aromatic heterocycles. The highest BCUT2D eigenvalue weighted by Crippen LogP contribution is 2.49. The van der Waals surface area contributed by atoms with E-state index in [2.05, 4.69) is 43.4 Å². The Morgan fingerprint density at radius 2 is 2.03 bits per heavy atom. The highest BCUT2D eigenvalue weighted by molar-refractivity contribution is 7.92. The van der Waals surface area contributed by atoms with Gasteiger partial charge in [-0.1, -0.05) is 19.9 Å². The lowest BCUT2D eigenvalue weighted by Gasteiger charge is -2.40. The number of aromatic nitrogens is 3. The number of carbonyl (C=O) groups excluding carboxylic acids is 1. The topological polar surface area (TPSA) is 110 Å². The molecule has 0 saturated carbocycles. The van der Waals surface area contributed by atoms with Crippen molar-refractivity contribution in [2.75, 3.05) is 29.3 Å². The molecule has 0 spiro atoms. The lowest BCUT2D eigenvalue weighted by molar-refractivity contribution is -0.114. The van der Waals surface area contributed by atoms with Gasteiger partial charge >= 0.3 is 0 Å². The number of anilines is 3. The number of rotatable bonds is 3. The fourth-order valence-electron chi connectivity index (χ4n) is 4.01. The van der Waals surface area contributed by atoms with Crippen molar-refractivity contribution in [3.63, 3.8) is 0 Å². The Morgan fingerprint density at radius 1 is 1.31 bits per heavy atom. The van der Waals surface area contributed by atoms with E-state index in [4.69, 9.17) is 4.74 Å². The molecule has 9 nitrogen and oxygen atoms in total. The molecule has 176 valence electrons. The van der Waals surface area contributed by atoms with Crippen LogP contribution in [0.4, 0.5) is 23.4 Å². The Bertz CT molecular complexity index is 1120. The molecule has 1 unspecified atom stereocenters. The Morgan fingerprint density at radius 3 is 2.69 bits per heavy atom. The van der Waals surface area contributed by atoms with Crippen LogP contribution in [-0.2, 0) is 19.3 Å². The summed E-state index contributed by atoms with van der Waals surface area (Å²) in [7, 11) is -2.34. The van der Waals surface area contributed by atoms with Crippen LogP contribution in [0.1, 0.15) is 53.9 Å². The van der Waals surface area contributed by atoms with Gasteiger partial charge in [-0.2, -0.15) is 9.35 Å². The van der Waals surface area contributed by atoms with Crippen molar-refractivity contribution >= 4 is 39.0 Å². The van der Waals surface area contributed by atoms with Crippen LogP contribution in [0.3, 0.4) is 0 Å². The third-order valence-electron chi connectivity index (χ3n) is 5.14. The molecule has 4 heterocycles. The average molecular weight is 463 g/mol. The fourth-order valence-corrected chi connectivity index (χ4v) is 4.56. The number of hydrogen-bond acceptors (Lipinski definition) is 8. The SMILES string of the molecule is CC.CC(=O)Nc1ncc2c(n1)N(c1cccc(N=S(C)(C)=O)n1)[C@@H]1CC(C)(C)OCC21.[HH]. The normalized spacial score (nSPS) is 21.0. The van der Waals surface area contributed by atoms with E-state index in [1.807, 2.05) is 26.0 Å². The molecule has 10 heteroatoms. The van der Waals surface area contributed by atoms with Crippen molar-refractivity contribution in [3.8, 4) is 0 Å². The summed E-state index contributed by atoms with van der Waals surface area (Å²) < 4.78 is 22.5. The number of ether oxygens (including phenoxy) is 1. The summed E-state index contributed by atoms with van der Waals surface area (Å²) >= 11 is 0. The van der Waals surface area contributed by atoms with Gasteiger partial charge in [0.05, 0.1) is 12.2 Å². The Kier molecular flexibility index (Phi) is 6.85. The van der Waals surface area contributed by atoms with Crippen LogP contribution in [0.5, 0.6) is 0 Å². The Labute approximate surface area is 191 Å². The van der Waals surface area contributed by atoms with E-state index in [9.17, 15) is 9.00 Å². The second-order valence-electron chi connectivity index (χ2n) is 8.60. The number of nitrogens with zero attached hydrogens (tertiary/aromatic N) is 5. The molecular formula is C22H34N6O3S. The molecule has 2 aromatic rings. The van der Waals surface area contributed by atoms with E-state index in [1.54, 1.807) is 24.8 Å². The third kappa shape index (κ3) is 5.24. The first-order valence-corrected chi connectivity index (χ1v) is 13.1. The van der Waals surface area contributed by atoms with Gasteiger partial charge in [0.1, 0.15) is 11.6 Å². The van der Waals surface area contributed by atoms with Crippen molar-refractivity contribution in [2.24, 2.45) is 4.36 Å². The quantitative estimate of drug-likeness (QED) is 0.725. The third-order valence-corrected chi connectivity index (χ3v) is 5.77. The first kappa shape index (κ1) is 24.1. The predicted octanol–water partition coefficient (Wildman–Crippen LogP) is 4.26. The van der Waals surface area contributed by atoms with Gasteiger partial charge in [0.25, 0.3) is 0 Å². The molecule has 1 saturated heterocycles. The zero-order valence-corrected chi connectivity index (χ0v) is 20.6. The molecule has 1 fully saturated rings. The highest BCUT2D eigenvalue weighted by Gasteiger charge is 2.47. The monoisotopic (exact) mass is 462 g/mol. The van der Waals surface area contributed by atoms with Crippen LogP contribution in [0, 0.1) is 0 Å². The van der Waals surface area contributed by atoms with E-state index in [-0.39, 0.29) is 30.8 Å². The van der Waals surface area contributed by atoms with Crippen molar-refractivity contribution in [2.45, 2.75) is 58.6 Å². The zero-order valence-electron chi connectivity index (χ0n) is 19.7. The number of amides is 1. The summed E-state index contributed by atoms with van der Waals surface area (Å²) in [6.45, 7) is 10.1. The van der Waals surface area contributed by atoms with Crippen molar-refractivity contribution in [1.82, 2.24) is 15.0 Å². The molecular weight excluding hydrogens is 428 g/mol. The number of hydrogen-bond donors (Lipinski definition) is 1. The van der Waals surface area contributed by atoms with E-state index < -0.39 is 9.73 Å². The van der Waals surface area contributed by atoms with Gasteiger partial charge in [-0.25, -0.2) is 14.2 Å². The first-order valence-electron chi connectivity index (χ1n) is 10.7. The molecule has 32 heavy (non-hydrogen) atoms. The number of fused-ring (bicyclic) bond motifs is 3. The minimum absolute atomic E-state index is 0. The van der Waals surface area contributed by atoms with E-state index >= 15 is 0 Å². The number of carbonyl (C=O) groups is 1. The van der Waals surface area contributed by atoms with Gasteiger partial charge in [-0.05, 0) is 32.4 Å². The molecule has 0 aromatic carbocycles. The molecule has 0 radical (unpaired) electrons. The average Bonchev–Trinajstić information content (AvgIpc) is 2.99. The molecule has 0 bridgehead atoms. The van der Waals surface area contributed by atoms with Gasteiger partial charge in [0.15, 0.2) is 5.82 Å². The molecule has 1 N–H and O–H groups in total. The summed E-state index contributed by atoms with van der Waals surface area (Å²) in [4.78, 5) is 27.2. The molecule has 0 aliphatic carbocycles. The highest BCUT2D eigenvalue weighted by atomic mass is 32.2. The zero-order chi connectivity index (χ0) is 23.7. The maximum atomic E-state index is 12.2. The van der Waals surface area contributed by atoms with Crippen molar-refractivity contribution in [3.05, 3.63) is 30.0 Å². The van der Waals surface area contributed by atoms with E-state index in [0.29, 0.717) is 24.1 Å². The first-order chi connectivity index (χ1) is 15.0. The maximum Gasteiger partial charge on any atom is 0.231 e. The van der Waals surface area contributed by atoms with Gasteiger partial charge in [-0.3, -0.25) is 10.1 Å². The van der Waals surface area contributed by atoms with Crippen molar-refractivity contribution < 1.29 is 15.2 Å². The van der Waals surface area contributed by atoms with Gasteiger partial charge in [0, 0.05) is 54.3 Å². The van der Waals surface area contributed by atoms with E-state index in [0.717, 1.165) is 12.0 Å². The standard InChI is InChI=1S/C20H26N6O3S.C2H6.H2/c1-12(27)22-19-21-10-13-14-11-29-20(2,3)9-15(14)26(18(13)24-19)17-8-6-7-16(23-17)25-30(4,5)28;1-2;/h6-8,10,14-15H,9,11H2,1-5H3,(H,21,22,24,27);1-2H3;1H/t14?,15-;;/m1../s1. The van der Waals surface area contributed by atoms with Gasteiger partial charge < -0.3 is 9.64 Å². The van der Waals surface area contributed by atoms with Crippen LogP contribution >= 0.6 is 0 Å². The molecule has 2 aliphatic heterocycles. The fraction of sp³-hybridized carbons (Fsp3) is 0.545. The maximum absolute atomic E-state index is 12.2. The number of nitrogens with one attached hydrogen (secondary N) is 1. The van der Waals surface area contributed by atoms with Crippen molar-refractivity contribution in [1.29, 1.82) is 0 Å². The summed E-state index contributed by atoms with van der Waals surface area (Å²) in [5.74, 6) is 1.87. The van der Waals surface area contributed by atoms with Crippen LogP contribution in [-0.4, -0.2) is 55.8 Å². The van der Waals surface area contributed by atoms with Gasteiger partial charge in [0.2, 0.25) is 11.9 Å². The van der Waals surface area contributed by atoms with Crippen LogP contribution in [0.2, 0.25) is 0 Å². The molecule has 4 rings (SSSR count). The minimum Gasteiger partial charge on any atom is -0.375 e. The molecule has 1 amide bonds. The van der Waals surface area contributed by atoms with E-state index in [1.165, 1.54) is 6.92 Å². The second kappa shape index (κ2) is 9.11.